The van der Waals surface area contributed by atoms with E-state index in [0.29, 0.717) is 40.8 Å². The number of fused-ring (bicyclic) bond motifs is 3. The lowest BCUT2D eigenvalue weighted by atomic mass is 9.76. The van der Waals surface area contributed by atoms with Gasteiger partial charge >= 0.3 is 0 Å². The summed E-state index contributed by atoms with van der Waals surface area (Å²) >= 11 is 0. The number of aliphatic hydroxyl groups is 1. The van der Waals surface area contributed by atoms with Crippen LogP contribution >= 0.6 is 0 Å². The fourth-order valence-electron chi connectivity index (χ4n) is 6.53. The Labute approximate surface area is 233 Å². The maximum atomic E-state index is 13.4. The van der Waals surface area contributed by atoms with Crippen molar-refractivity contribution in [3.8, 4) is 5.82 Å². The molecule has 206 valence electrons. The van der Waals surface area contributed by atoms with Gasteiger partial charge in [-0.15, -0.1) is 6.58 Å². The lowest BCUT2D eigenvalue weighted by Crippen LogP contribution is -2.28. The number of benzene rings is 1. The Kier molecular flexibility index (Phi) is 5.90. The molecule has 2 N–H and O–H groups in total. The van der Waals surface area contributed by atoms with Crippen LogP contribution in [0, 0.1) is 0 Å². The molecule has 1 fully saturated rings. The molecule has 9 nitrogen and oxygen atoms in total. The molecule has 1 aromatic carbocycles. The number of hydrogen-bond donors (Lipinski definition) is 2. The molecule has 0 spiro atoms. The molecule has 0 radical (unpaired) electrons. The number of anilines is 2. The van der Waals surface area contributed by atoms with Crippen LogP contribution in [0.1, 0.15) is 66.5 Å². The number of pyridine rings is 1. The van der Waals surface area contributed by atoms with Crippen molar-refractivity contribution in [1.82, 2.24) is 29.2 Å². The summed E-state index contributed by atoms with van der Waals surface area (Å²) < 4.78 is 3.29. The van der Waals surface area contributed by atoms with Gasteiger partial charge < -0.3 is 15.3 Å². The van der Waals surface area contributed by atoms with E-state index < -0.39 is 5.60 Å². The summed E-state index contributed by atoms with van der Waals surface area (Å²) in [7, 11) is 2.17. The van der Waals surface area contributed by atoms with Crippen molar-refractivity contribution in [2.75, 3.05) is 18.9 Å². The zero-order valence-electron chi connectivity index (χ0n) is 23.2. The predicted molar refractivity (Wildman–Crippen MR) is 155 cm³/mol. The van der Waals surface area contributed by atoms with Gasteiger partial charge in [-0.2, -0.15) is 4.98 Å². The Morgan fingerprint density at radius 1 is 1.20 bits per heavy atom. The molecule has 0 bridgehead atoms. The highest BCUT2D eigenvalue weighted by Crippen LogP contribution is 2.42. The van der Waals surface area contributed by atoms with Gasteiger partial charge in [0.2, 0.25) is 5.95 Å². The van der Waals surface area contributed by atoms with Crippen LogP contribution in [0.3, 0.4) is 0 Å². The minimum Gasteiger partial charge on any atom is -0.384 e. The summed E-state index contributed by atoms with van der Waals surface area (Å²) in [6.45, 7) is 7.94. The number of aryl methyl sites for hydroxylation is 1. The second-order valence-electron chi connectivity index (χ2n) is 11.8. The first-order valence-corrected chi connectivity index (χ1v) is 14.3. The molecule has 3 aliphatic rings. The molecule has 3 aromatic heterocycles. The molecular formula is C31H35N7O2. The van der Waals surface area contributed by atoms with Crippen LogP contribution in [0.25, 0.3) is 16.9 Å². The van der Waals surface area contributed by atoms with Crippen LogP contribution < -0.4 is 10.9 Å². The third-order valence-corrected chi connectivity index (χ3v) is 8.91. The Hall–Kier alpha value is -3.82. The van der Waals surface area contributed by atoms with Gasteiger partial charge in [-0.1, -0.05) is 18.6 Å². The Morgan fingerprint density at radius 2 is 2.05 bits per heavy atom. The van der Waals surface area contributed by atoms with Gasteiger partial charge in [-0.3, -0.25) is 4.79 Å². The van der Waals surface area contributed by atoms with E-state index in [1.54, 1.807) is 28.6 Å². The van der Waals surface area contributed by atoms with Crippen molar-refractivity contribution in [1.29, 1.82) is 0 Å². The Balaban J connectivity index is 1.33. The second kappa shape index (κ2) is 9.38. The first-order valence-electron chi connectivity index (χ1n) is 14.3. The van der Waals surface area contributed by atoms with E-state index in [2.05, 4.69) is 41.0 Å². The van der Waals surface area contributed by atoms with E-state index in [1.807, 2.05) is 12.1 Å². The van der Waals surface area contributed by atoms with Gasteiger partial charge in [0, 0.05) is 25.0 Å². The van der Waals surface area contributed by atoms with Crippen LogP contribution in [-0.4, -0.2) is 47.9 Å². The molecule has 4 heterocycles. The maximum Gasteiger partial charge on any atom is 0.278 e. The average molecular weight is 538 g/mol. The summed E-state index contributed by atoms with van der Waals surface area (Å²) in [6, 6.07) is 8.38. The van der Waals surface area contributed by atoms with E-state index in [0.717, 1.165) is 37.2 Å². The molecular weight excluding hydrogens is 502 g/mol. The van der Waals surface area contributed by atoms with E-state index >= 15 is 0 Å². The van der Waals surface area contributed by atoms with Crippen molar-refractivity contribution in [2.45, 2.75) is 70.1 Å². The molecule has 7 rings (SSSR count). The van der Waals surface area contributed by atoms with Gasteiger partial charge in [-0.05, 0) is 92.4 Å². The molecule has 0 unspecified atom stereocenters. The minimum absolute atomic E-state index is 0.209. The molecule has 1 saturated carbocycles. The van der Waals surface area contributed by atoms with Crippen molar-refractivity contribution in [3.05, 3.63) is 81.4 Å². The predicted octanol–water partition coefficient (Wildman–Crippen LogP) is 4.32. The average Bonchev–Trinajstić information content (AvgIpc) is 3.35. The van der Waals surface area contributed by atoms with Crippen LogP contribution in [0.5, 0.6) is 0 Å². The minimum atomic E-state index is -1.00. The molecule has 0 amide bonds. The smallest absolute Gasteiger partial charge is 0.278 e. The molecule has 1 atom stereocenters. The Morgan fingerprint density at radius 3 is 2.83 bits per heavy atom. The number of hydrogen-bond acceptors (Lipinski definition) is 7. The van der Waals surface area contributed by atoms with Crippen LogP contribution in [0.4, 0.5) is 11.6 Å². The molecule has 40 heavy (non-hydrogen) atoms. The van der Waals surface area contributed by atoms with Gasteiger partial charge in [0.05, 0.1) is 12.2 Å². The summed E-state index contributed by atoms with van der Waals surface area (Å²) in [6.07, 6.45) is 9.55. The fourth-order valence-corrected chi connectivity index (χ4v) is 6.53. The highest BCUT2D eigenvalue weighted by Gasteiger charge is 2.34. The van der Waals surface area contributed by atoms with Crippen LogP contribution in [-0.2, 0) is 31.5 Å². The SMILES string of the molecule is C=CCn1c(=O)c2cnc(Nc3cc4c(c(C5CCC5)c3)CCN(C)C4)nc2n1-c1ccc2c(n1)[C@](C)(O)CC2. The van der Waals surface area contributed by atoms with Gasteiger partial charge in [0.25, 0.3) is 5.56 Å². The number of allylic oxidation sites excluding steroid dienone is 1. The molecule has 0 saturated heterocycles. The molecule has 4 aromatic rings. The number of aromatic nitrogens is 5. The highest BCUT2D eigenvalue weighted by molar-refractivity contribution is 5.77. The summed E-state index contributed by atoms with van der Waals surface area (Å²) in [4.78, 5) is 30.0. The summed E-state index contributed by atoms with van der Waals surface area (Å²) in [5.74, 6) is 1.58. The lowest BCUT2D eigenvalue weighted by molar-refractivity contribution is 0.0553. The van der Waals surface area contributed by atoms with Crippen LogP contribution in [0.2, 0.25) is 0 Å². The highest BCUT2D eigenvalue weighted by atomic mass is 16.3. The zero-order chi connectivity index (χ0) is 27.6. The topological polar surface area (TPSA) is 101 Å². The van der Waals surface area contributed by atoms with Crippen molar-refractivity contribution in [2.24, 2.45) is 0 Å². The van der Waals surface area contributed by atoms with Gasteiger partial charge in [0.1, 0.15) is 11.0 Å². The van der Waals surface area contributed by atoms with Gasteiger partial charge in [-0.25, -0.2) is 19.3 Å². The lowest BCUT2D eigenvalue weighted by Gasteiger charge is -2.33. The van der Waals surface area contributed by atoms with E-state index in [9.17, 15) is 9.90 Å². The third kappa shape index (κ3) is 4.07. The molecule has 1 aliphatic heterocycles. The monoisotopic (exact) mass is 537 g/mol. The first-order chi connectivity index (χ1) is 19.3. The van der Waals surface area contributed by atoms with Crippen molar-refractivity contribution in [3.63, 3.8) is 0 Å². The number of rotatable bonds is 6. The van der Waals surface area contributed by atoms with E-state index in [-0.39, 0.29) is 12.1 Å². The normalized spacial score (nSPS) is 20.8. The number of nitrogens with zero attached hydrogens (tertiary/aromatic N) is 6. The largest absolute Gasteiger partial charge is 0.384 e. The van der Waals surface area contributed by atoms with Crippen molar-refractivity contribution >= 4 is 22.7 Å². The quantitative estimate of drug-likeness (QED) is 0.353. The van der Waals surface area contributed by atoms with Crippen LogP contribution in [0.15, 0.2) is 47.9 Å². The molecule has 9 heteroatoms. The molecule has 2 aliphatic carbocycles. The van der Waals surface area contributed by atoms with E-state index in [1.165, 1.54) is 36.0 Å². The second-order valence-corrected chi connectivity index (χ2v) is 11.8. The Bertz CT molecular complexity index is 1710. The maximum absolute atomic E-state index is 13.4. The summed E-state index contributed by atoms with van der Waals surface area (Å²) in [5, 5.41) is 14.8. The first kappa shape index (κ1) is 25.2. The zero-order valence-corrected chi connectivity index (χ0v) is 23.2. The van der Waals surface area contributed by atoms with E-state index in [4.69, 9.17) is 9.97 Å². The fraction of sp³-hybridized carbons (Fsp3) is 0.419. The number of likely N-dealkylation sites (N-methyl/N-ethyl adjacent to an activating group) is 1. The summed E-state index contributed by atoms with van der Waals surface area (Å²) in [5.41, 5.74) is 6.25. The standard InChI is InChI=1S/C31H35N7O2/c1-4-13-37-29(39)25-17-32-30(35-28(25)38(37)26-9-8-20-10-12-31(2,40)27(20)34-26)33-22-15-21-18-36(3)14-11-23(21)24(16-22)19-6-5-7-19/h4,8-9,15-17,19,40H,1,5-7,10-14,18H2,2-3H3,(H,32,33,35)/t31-/m1/s1. The third-order valence-electron chi connectivity index (χ3n) is 8.91. The van der Waals surface area contributed by atoms with Crippen molar-refractivity contribution < 1.29 is 5.11 Å². The van der Waals surface area contributed by atoms with Gasteiger partial charge in [0.15, 0.2) is 11.5 Å². The number of nitrogens with one attached hydrogen (secondary N) is 1.